The Kier molecular flexibility index (Phi) is 6.31. The third-order valence-electron chi connectivity index (χ3n) is 3.62. The smallest absolute Gasteiger partial charge is 0.355 e. The molecule has 1 aromatic rings. The van der Waals surface area contributed by atoms with E-state index in [9.17, 15) is 24.5 Å². The van der Waals surface area contributed by atoms with Crippen molar-refractivity contribution in [3.8, 4) is 0 Å². The fourth-order valence-corrected chi connectivity index (χ4v) is 3.06. The number of esters is 2. The van der Waals surface area contributed by atoms with E-state index < -0.39 is 28.5 Å². The molecule has 10 nitrogen and oxygen atoms in total. The lowest BCUT2D eigenvalue weighted by molar-refractivity contribution is -0.384. The summed E-state index contributed by atoms with van der Waals surface area (Å²) in [6.07, 6.45) is 5.45. The first-order valence-corrected chi connectivity index (χ1v) is 8.28. The number of benzene rings is 1. The topological polar surface area (TPSA) is 136 Å². The maximum Gasteiger partial charge on any atom is 0.355 e. The number of hydrogen-bond donors (Lipinski definition) is 1. The van der Waals surface area contributed by atoms with Crippen LogP contribution in [0.25, 0.3) is 0 Å². The SMILES string of the molecule is COC(=O)C1=C(C(=O)OC)N(c2c(Br)cc(C(=O)O)cc2[N+](=O)[O-])C=CC=C1. The summed E-state index contributed by atoms with van der Waals surface area (Å²) in [7, 11) is 2.19. The van der Waals surface area contributed by atoms with Crippen molar-refractivity contribution in [1.29, 1.82) is 0 Å². The summed E-state index contributed by atoms with van der Waals surface area (Å²) in [6, 6.07) is 1.99. The molecule has 0 fully saturated rings. The van der Waals surface area contributed by atoms with E-state index in [1.54, 1.807) is 0 Å². The third-order valence-corrected chi connectivity index (χ3v) is 4.22. The molecule has 1 aromatic carbocycles. The summed E-state index contributed by atoms with van der Waals surface area (Å²) in [6.45, 7) is 0. The van der Waals surface area contributed by atoms with Gasteiger partial charge in [0.2, 0.25) is 0 Å². The number of carboxylic acids is 1. The molecule has 0 unspecified atom stereocenters. The number of methoxy groups -OCH3 is 2. The van der Waals surface area contributed by atoms with Crippen LogP contribution in [0.1, 0.15) is 10.4 Å². The van der Waals surface area contributed by atoms with Crippen LogP contribution >= 0.6 is 15.9 Å². The van der Waals surface area contributed by atoms with E-state index in [-0.39, 0.29) is 27.0 Å². The molecule has 28 heavy (non-hydrogen) atoms. The van der Waals surface area contributed by atoms with E-state index in [0.29, 0.717) is 0 Å². The van der Waals surface area contributed by atoms with Crippen molar-refractivity contribution in [2.45, 2.75) is 0 Å². The molecular formula is C17H13BrN2O8. The number of anilines is 1. The second-order valence-electron chi connectivity index (χ2n) is 5.20. The Morgan fingerprint density at radius 2 is 1.79 bits per heavy atom. The van der Waals surface area contributed by atoms with Gasteiger partial charge in [0.15, 0.2) is 0 Å². The molecule has 1 N–H and O–H groups in total. The second-order valence-corrected chi connectivity index (χ2v) is 6.06. The van der Waals surface area contributed by atoms with Crippen LogP contribution in [-0.4, -0.2) is 42.2 Å². The minimum absolute atomic E-state index is 0.0104. The quantitative estimate of drug-likeness (QED) is 0.405. The standard InChI is InChI=1S/C17H13BrN2O8/c1-27-16(23)10-5-3-4-6-19(13(10)17(24)28-2)14-11(18)7-9(15(21)22)8-12(14)20(25)26/h3-8H,1-2H3,(H,21,22). The molecular weight excluding hydrogens is 440 g/mol. The predicted octanol–water partition coefficient (Wildman–Crippen LogP) is 2.55. The highest BCUT2D eigenvalue weighted by Gasteiger charge is 2.33. The van der Waals surface area contributed by atoms with Crippen LogP contribution in [0.4, 0.5) is 11.4 Å². The van der Waals surface area contributed by atoms with Crippen LogP contribution in [0.15, 0.2) is 52.3 Å². The van der Waals surface area contributed by atoms with Crippen molar-refractivity contribution in [2.75, 3.05) is 19.1 Å². The van der Waals surface area contributed by atoms with Gasteiger partial charge in [-0.3, -0.25) is 10.1 Å². The van der Waals surface area contributed by atoms with Crippen LogP contribution in [0, 0.1) is 10.1 Å². The van der Waals surface area contributed by atoms with Gasteiger partial charge >= 0.3 is 17.9 Å². The van der Waals surface area contributed by atoms with Crippen molar-refractivity contribution >= 4 is 45.2 Å². The number of nitrogens with zero attached hydrogens (tertiary/aromatic N) is 2. The number of nitro groups is 1. The van der Waals surface area contributed by atoms with Crippen molar-refractivity contribution in [3.05, 3.63) is 68.0 Å². The molecule has 0 saturated heterocycles. The Balaban J connectivity index is 2.87. The molecule has 0 bridgehead atoms. The normalized spacial score (nSPS) is 13.2. The van der Waals surface area contributed by atoms with Crippen molar-refractivity contribution in [2.24, 2.45) is 0 Å². The lowest BCUT2D eigenvalue weighted by Gasteiger charge is -2.24. The largest absolute Gasteiger partial charge is 0.478 e. The van der Waals surface area contributed by atoms with Gasteiger partial charge in [-0.2, -0.15) is 0 Å². The molecule has 1 heterocycles. The molecule has 0 saturated carbocycles. The van der Waals surface area contributed by atoms with Gasteiger partial charge in [-0.15, -0.1) is 0 Å². The number of carbonyl (C=O) groups excluding carboxylic acids is 2. The lowest BCUT2D eigenvalue weighted by atomic mass is 10.1. The highest BCUT2D eigenvalue weighted by molar-refractivity contribution is 9.10. The molecule has 0 aromatic heterocycles. The van der Waals surface area contributed by atoms with E-state index in [1.165, 1.54) is 24.4 Å². The Morgan fingerprint density at radius 3 is 2.32 bits per heavy atom. The molecule has 2 rings (SSSR count). The summed E-state index contributed by atoms with van der Waals surface area (Å²) >= 11 is 3.11. The van der Waals surface area contributed by atoms with Gasteiger partial charge in [0, 0.05) is 16.7 Å². The van der Waals surface area contributed by atoms with Crippen LogP contribution in [0.3, 0.4) is 0 Å². The van der Waals surface area contributed by atoms with E-state index in [4.69, 9.17) is 9.84 Å². The van der Waals surface area contributed by atoms with E-state index in [2.05, 4.69) is 20.7 Å². The number of halogens is 1. The lowest BCUT2D eigenvalue weighted by Crippen LogP contribution is -2.27. The number of rotatable bonds is 5. The molecule has 0 atom stereocenters. The summed E-state index contributed by atoms with van der Waals surface area (Å²) in [5.74, 6) is -3.20. The van der Waals surface area contributed by atoms with Gasteiger partial charge in [-0.05, 0) is 34.1 Å². The number of ether oxygens (including phenoxy) is 2. The zero-order valence-electron chi connectivity index (χ0n) is 14.5. The first kappa shape index (κ1) is 20.8. The Hall–Kier alpha value is -3.47. The first-order chi connectivity index (χ1) is 13.2. The highest BCUT2D eigenvalue weighted by Crippen LogP contribution is 2.40. The van der Waals surface area contributed by atoms with E-state index in [1.807, 2.05) is 0 Å². The Morgan fingerprint density at radius 1 is 1.14 bits per heavy atom. The number of carboxylic acid groups (broad SMARTS) is 1. The Labute approximate surface area is 166 Å². The molecule has 0 aliphatic carbocycles. The molecule has 0 amide bonds. The molecule has 1 aliphatic heterocycles. The number of carbonyl (C=O) groups is 3. The second kappa shape index (κ2) is 8.48. The first-order valence-electron chi connectivity index (χ1n) is 7.49. The molecule has 1 aliphatic rings. The fraction of sp³-hybridized carbons (Fsp3) is 0.118. The maximum atomic E-state index is 12.4. The van der Waals surface area contributed by atoms with Gasteiger partial charge in [-0.1, -0.05) is 6.08 Å². The highest BCUT2D eigenvalue weighted by atomic mass is 79.9. The van der Waals surface area contributed by atoms with Crippen molar-refractivity contribution < 1.29 is 33.9 Å². The zero-order valence-corrected chi connectivity index (χ0v) is 16.1. The average Bonchev–Trinajstić information content (AvgIpc) is 2.88. The van der Waals surface area contributed by atoms with Crippen LogP contribution in [-0.2, 0) is 19.1 Å². The molecule has 0 radical (unpaired) electrons. The Bertz CT molecular complexity index is 964. The van der Waals surface area contributed by atoms with Crippen molar-refractivity contribution in [3.63, 3.8) is 0 Å². The van der Waals surface area contributed by atoms with Gasteiger partial charge in [0.05, 0.1) is 30.3 Å². The number of hydrogen-bond acceptors (Lipinski definition) is 8. The minimum atomic E-state index is -1.37. The molecule has 0 spiro atoms. The minimum Gasteiger partial charge on any atom is -0.478 e. The van der Waals surface area contributed by atoms with Gasteiger partial charge in [0.25, 0.3) is 5.69 Å². The molecule has 146 valence electrons. The van der Waals surface area contributed by atoms with Gasteiger partial charge in [0.1, 0.15) is 11.4 Å². The summed E-state index contributed by atoms with van der Waals surface area (Å²) in [4.78, 5) is 47.7. The van der Waals surface area contributed by atoms with E-state index in [0.717, 1.165) is 31.3 Å². The van der Waals surface area contributed by atoms with Crippen molar-refractivity contribution in [1.82, 2.24) is 0 Å². The number of allylic oxidation sites excluding steroid dienone is 2. The van der Waals surface area contributed by atoms with E-state index >= 15 is 0 Å². The summed E-state index contributed by atoms with van der Waals surface area (Å²) in [5.41, 5.74) is -1.66. The average molecular weight is 453 g/mol. The summed E-state index contributed by atoms with van der Waals surface area (Å²) in [5, 5.41) is 20.8. The summed E-state index contributed by atoms with van der Waals surface area (Å²) < 4.78 is 9.42. The van der Waals surface area contributed by atoms with Gasteiger partial charge < -0.3 is 19.5 Å². The zero-order chi connectivity index (χ0) is 21.0. The fourth-order valence-electron chi connectivity index (χ4n) is 2.42. The van der Waals surface area contributed by atoms with Gasteiger partial charge in [-0.25, -0.2) is 14.4 Å². The van der Waals surface area contributed by atoms with Crippen LogP contribution in [0.2, 0.25) is 0 Å². The number of nitro benzene ring substituents is 1. The predicted molar refractivity (Wildman–Crippen MR) is 99.6 cm³/mol. The van der Waals surface area contributed by atoms with Crippen LogP contribution in [0.5, 0.6) is 0 Å². The number of aromatic carboxylic acids is 1. The van der Waals surface area contributed by atoms with Crippen LogP contribution < -0.4 is 4.90 Å². The third kappa shape index (κ3) is 3.93. The molecule has 11 heteroatoms. The maximum absolute atomic E-state index is 12.4. The monoisotopic (exact) mass is 452 g/mol.